The Kier molecular flexibility index (Phi) is 5.48. The van der Waals surface area contributed by atoms with Crippen LogP contribution in [0, 0.1) is 11.3 Å². The van der Waals surface area contributed by atoms with Gasteiger partial charge in [0, 0.05) is 0 Å². The highest BCUT2D eigenvalue weighted by Crippen LogP contribution is 2.46. The standard InChI is InChI=1S/C19H30/c1-3-15-19(4-2,18-13-9-6-10-14-18)16-17-11-7-5-8-12-17/h5,7-8,11-12,18H,3-4,6,9-10,13-16H2,1-2H3. The quantitative estimate of drug-likeness (QED) is 0.586. The van der Waals surface area contributed by atoms with E-state index in [0.717, 1.165) is 5.92 Å². The number of benzene rings is 1. The summed E-state index contributed by atoms with van der Waals surface area (Å²) < 4.78 is 0. The molecule has 0 spiro atoms. The highest BCUT2D eigenvalue weighted by molar-refractivity contribution is 5.17. The maximum Gasteiger partial charge on any atom is -0.0219 e. The summed E-state index contributed by atoms with van der Waals surface area (Å²) in [5, 5.41) is 0. The third-order valence-corrected chi connectivity index (χ3v) is 5.32. The Balaban J connectivity index is 2.17. The molecule has 0 heterocycles. The highest BCUT2D eigenvalue weighted by atomic mass is 14.4. The molecule has 1 fully saturated rings. The molecule has 1 aromatic rings. The van der Waals surface area contributed by atoms with E-state index in [1.54, 1.807) is 5.56 Å². The van der Waals surface area contributed by atoms with E-state index in [1.807, 2.05) is 0 Å². The van der Waals surface area contributed by atoms with E-state index in [1.165, 1.54) is 57.8 Å². The number of hydrogen-bond acceptors (Lipinski definition) is 0. The zero-order chi connectivity index (χ0) is 13.6. The molecule has 0 radical (unpaired) electrons. The van der Waals surface area contributed by atoms with E-state index in [0.29, 0.717) is 5.41 Å². The van der Waals surface area contributed by atoms with Crippen molar-refractivity contribution in [3.63, 3.8) is 0 Å². The van der Waals surface area contributed by atoms with Gasteiger partial charge in [-0.1, -0.05) is 69.9 Å². The Hall–Kier alpha value is -0.780. The van der Waals surface area contributed by atoms with Crippen molar-refractivity contribution in [1.82, 2.24) is 0 Å². The largest absolute Gasteiger partial charge is 0.0654 e. The summed E-state index contributed by atoms with van der Waals surface area (Å²) in [6.45, 7) is 4.78. The lowest BCUT2D eigenvalue weighted by atomic mass is 9.62. The molecular weight excluding hydrogens is 228 g/mol. The molecule has 1 aromatic carbocycles. The fourth-order valence-corrected chi connectivity index (χ4v) is 4.24. The van der Waals surface area contributed by atoms with Crippen LogP contribution in [0.25, 0.3) is 0 Å². The molecule has 1 atom stereocenters. The van der Waals surface area contributed by atoms with Crippen molar-refractivity contribution in [3.05, 3.63) is 35.9 Å². The fourth-order valence-electron chi connectivity index (χ4n) is 4.24. The average molecular weight is 258 g/mol. The number of rotatable bonds is 6. The van der Waals surface area contributed by atoms with Crippen LogP contribution in [0.15, 0.2) is 30.3 Å². The second-order valence-corrected chi connectivity index (χ2v) is 6.46. The van der Waals surface area contributed by atoms with Crippen LogP contribution in [0.2, 0.25) is 0 Å². The van der Waals surface area contributed by atoms with Gasteiger partial charge in [0.1, 0.15) is 0 Å². The van der Waals surface area contributed by atoms with Gasteiger partial charge in [0.2, 0.25) is 0 Å². The molecule has 2 rings (SSSR count). The molecule has 1 unspecified atom stereocenters. The summed E-state index contributed by atoms with van der Waals surface area (Å²) in [7, 11) is 0. The van der Waals surface area contributed by atoms with Crippen molar-refractivity contribution in [3.8, 4) is 0 Å². The molecule has 0 heteroatoms. The van der Waals surface area contributed by atoms with Gasteiger partial charge in [-0.15, -0.1) is 0 Å². The van der Waals surface area contributed by atoms with Crippen LogP contribution in [-0.2, 0) is 6.42 Å². The molecule has 0 saturated heterocycles. The first-order valence-electron chi connectivity index (χ1n) is 8.34. The molecule has 0 nitrogen and oxygen atoms in total. The SMILES string of the molecule is CCCC(CC)(Cc1ccccc1)C1CCCCC1. The smallest absolute Gasteiger partial charge is 0.0219 e. The van der Waals surface area contributed by atoms with Crippen molar-refractivity contribution >= 4 is 0 Å². The molecule has 0 aliphatic heterocycles. The predicted molar refractivity (Wildman–Crippen MR) is 84.4 cm³/mol. The van der Waals surface area contributed by atoms with Crippen LogP contribution in [0.5, 0.6) is 0 Å². The zero-order valence-electron chi connectivity index (χ0n) is 12.8. The zero-order valence-corrected chi connectivity index (χ0v) is 12.8. The van der Waals surface area contributed by atoms with Gasteiger partial charge in [-0.2, -0.15) is 0 Å². The van der Waals surface area contributed by atoms with E-state index < -0.39 is 0 Å². The van der Waals surface area contributed by atoms with Gasteiger partial charge in [-0.05, 0) is 49.0 Å². The minimum atomic E-state index is 0.566. The van der Waals surface area contributed by atoms with Gasteiger partial charge in [0.15, 0.2) is 0 Å². The van der Waals surface area contributed by atoms with E-state index in [4.69, 9.17) is 0 Å². The van der Waals surface area contributed by atoms with Crippen LogP contribution < -0.4 is 0 Å². The van der Waals surface area contributed by atoms with Crippen LogP contribution >= 0.6 is 0 Å². The third kappa shape index (κ3) is 3.61. The Morgan fingerprint density at radius 3 is 2.26 bits per heavy atom. The van der Waals surface area contributed by atoms with Crippen molar-refractivity contribution in [2.24, 2.45) is 11.3 Å². The Labute approximate surface area is 119 Å². The van der Waals surface area contributed by atoms with Crippen molar-refractivity contribution in [2.45, 2.75) is 71.6 Å². The molecular formula is C19H30. The summed E-state index contributed by atoms with van der Waals surface area (Å²) in [4.78, 5) is 0. The molecule has 0 N–H and O–H groups in total. The van der Waals surface area contributed by atoms with Gasteiger partial charge in [0.05, 0.1) is 0 Å². The molecule has 19 heavy (non-hydrogen) atoms. The predicted octanol–water partition coefficient (Wildman–Crippen LogP) is 6.01. The van der Waals surface area contributed by atoms with Gasteiger partial charge in [-0.25, -0.2) is 0 Å². The monoisotopic (exact) mass is 258 g/mol. The van der Waals surface area contributed by atoms with E-state index >= 15 is 0 Å². The van der Waals surface area contributed by atoms with Crippen molar-refractivity contribution in [1.29, 1.82) is 0 Å². The first-order chi connectivity index (χ1) is 9.30. The molecule has 106 valence electrons. The van der Waals surface area contributed by atoms with Gasteiger partial charge < -0.3 is 0 Å². The second kappa shape index (κ2) is 7.12. The highest BCUT2D eigenvalue weighted by Gasteiger charge is 2.36. The van der Waals surface area contributed by atoms with Crippen LogP contribution in [0.3, 0.4) is 0 Å². The summed E-state index contributed by atoms with van der Waals surface area (Å²) in [5.41, 5.74) is 2.11. The minimum Gasteiger partial charge on any atom is -0.0654 e. The summed E-state index contributed by atoms with van der Waals surface area (Å²) in [6, 6.07) is 11.2. The Bertz CT molecular complexity index is 348. The summed E-state index contributed by atoms with van der Waals surface area (Å²) in [5.74, 6) is 0.964. The van der Waals surface area contributed by atoms with E-state index in [-0.39, 0.29) is 0 Å². The Morgan fingerprint density at radius 1 is 1.00 bits per heavy atom. The minimum absolute atomic E-state index is 0.566. The normalized spacial score (nSPS) is 20.1. The number of hydrogen-bond donors (Lipinski definition) is 0. The van der Waals surface area contributed by atoms with Gasteiger partial charge >= 0.3 is 0 Å². The van der Waals surface area contributed by atoms with Crippen LogP contribution in [0.4, 0.5) is 0 Å². The Morgan fingerprint density at radius 2 is 1.68 bits per heavy atom. The van der Waals surface area contributed by atoms with Crippen LogP contribution in [-0.4, -0.2) is 0 Å². The summed E-state index contributed by atoms with van der Waals surface area (Å²) in [6.07, 6.45) is 12.7. The molecule has 0 aromatic heterocycles. The first-order valence-corrected chi connectivity index (χ1v) is 8.34. The lowest BCUT2D eigenvalue weighted by Crippen LogP contribution is -2.34. The third-order valence-electron chi connectivity index (χ3n) is 5.32. The lowest BCUT2D eigenvalue weighted by Gasteiger charge is -2.43. The molecule has 1 saturated carbocycles. The van der Waals surface area contributed by atoms with Crippen LogP contribution in [0.1, 0.15) is 70.8 Å². The van der Waals surface area contributed by atoms with Gasteiger partial charge in [-0.3, -0.25) is 0 Å². The summed E-state index contributed by atoms with van der Waals surface area (Å²) >= 11 is 0. The van der Waals surface area contributed by atoms with Gasteiger partial charge in [0.25, 0.3) is 0 Å². The maximum absolute atomic E-state index is 2.42. The van der Waals surface area contributed by atoms with Crippen molar-refractivity contribution < 1.29 is 0 Å². The molecule has 1 aliphatic rings. The lowest BCUT2D eigenvalue weighted by molar-refractivity contribution is 0.0962. The average Bonchev–Trinajstić information content (AvgIpc) is 2.49. The molecule has 1 aliphatic carbocycles. The van der Waals surface area contributed by atoms with E-state index in [2.05, 4.69) is 44.2 Å². The molecule has 0 amide bonds. The molecule has 0 bridgehead atoms. The van der Waals surface area contributed by atoms with E-state index in [9.17, 15) is 0 Å². The van der Waals surface area contributed by atoms with Crippen molar-refractivity contribution in [2.75, 3.05) is 0 Å². The first kappa shape index (κ1) is 14.6. The fraction of sp³-hybridized carbons (Fsp3) is 0.684. The second-order valence-electron chi connectivity index (χ2n) is 6.46. The maximum atomic E-state index is 2.42. The topological polar surface area (TPSA) is 0 Å².